The van der Waals surface area contributed by atoms with E-state index < -0.39 is 14.1 Å². The first kappa shape index (κ1) is 19.6. The number of hydrogen-bond donors (Lipinski definition) is 1. The van der Waals surface area contributed by atoms with Crippen molar-refractivity contribution in [2.24, 2.45) is 17.8 Å². The minimum absolute atomic E-state index is 0.322. The maximum absolute atomic E-state index is 8.63. The molecule has 1 nitrogen and oxygen atoms in total. The van der Waals surface area contributed by atoms with E-state index in [2.05, 4.69) is 41.5 Å². The molecular weight excluding hydrogens is 259 g/mol. The Kier molecular flexibility index (Phi) is 11.0. The lowest BCUT2D eigenvalue weighted by molar-refractivity contribution is 0.475. The molecule has 20 heavy (non-hydrogen) atoms. The van der Waals surface area contributed by atoms with Gasteiger partial charge in [-0.05, 0) is 12.1 Å². The molecule has 0 heterocycles. The smallest absolute Gasteiger partial charge is 0.262 e. The van der Waals surface area contributed by atoms with Gasteiger partial charge in [0.25, 0.3) is 14.1 Å². The van der Waals surface area contributed by atoms with Crippen LogP contribution in [0.2, 0.25) is 15.8 Å². The van der Waals surface area contributed by atoms with Gasteiger partial charge in [0, 0.05) is 0 Å². The van der Waals surface area contributed by atoms with E-state index >= 15 is 0 Å². The van der Waals surface area contributed by atoms with Crippen LogP contribution in [0, 0.1) is 17.8 Å². The molecule has 0 aliphatic carbocycles. The summed E-state index contributed by atoms with van der Waals surface area (Å²) in [7, 11) is 0. The fourth-order valence-electron chi connectivity index (χ4n) is 2.72. The highest BCUT2D eigenvalue weighted by atomic mass is 27.2. The lowest BCUT2D eigenvalue weighted by Crippen LogP contribution is -2.19. The van der Waals surface area contributed by atoms with Crippen LogP contribution in [-0.2, 0) is 0 Å². The van der Waals surface area contributed by atoms with E-state index in [0.29, 0.717) is 5.75 Å². The van der Waals surface area contributed by atoms with Crippen LogP contribution in [0.1, 0.15) is 41.5 Å². The molecule has 114 valence electrons. The molecule has 0 atom stereocenters. The summed E-state index contributed by atoms with van der Waals surface area (Å²) in [4.78, 5) is 0. The molecule has 0 radical (unpaired) electrons. The van der Waals surface area contributed by atoms with Crippen LogP contribution in [0.4, 0.5) is 0 Å². The van der Waals surface area contributed by atoms with Crippen LogP contribution >= 0.6 is 0 Å². The normalized spacial score (nSPS) is 10.7. The Bertz CT molecular complexity index is 296. The summed E-state index contributed by atoms with van der Waals surface area (Å²) < 4.78 is 0. The summed E-state index contributed by atoms with van der Waals surface area (Å²) in [6.45, 7) is 14.3. The molecule has 1 aromatic rings. The molecule has 0 saturated heterocycles. The summed E-state index contributed by atoms with van der Waals surface area (Å²) in [5.74, 6) is 3.10. The number of hydrogen-bond acceptors (Lipinski definition) is 1. The van der Waals surface area contributed by atoms with E-state index in [1.54, 1.807) is 40.1 Å². The maximum Gasteiger partial charge on any atom is 0.262 e. The zero-order valence-corrected chi connectivity index (χ0v) is 15.4. The van der Waals surface area contributed by atoms with Gasteiger partial charge in [0.2, 0.25) is 0 Å². The molecule has 0 aliphatic heterocycles. The van der Waals surface area contributed by atoms with Crippen molar-refractivity contribution in [3.63, 3.8) is 0 Å². The zero-order chi connectivity index (χ0) is 15.5. The fraction of sp³-hybridized carbons (Fsp3) is 0.667. The van der Waals surface area contributed by atoms with Gasteiger partial charge in [-0.15, -0.1) is 0 Å². The topological polar surface area (TPSA) is 20.2 Å². The number of phenols is 1. The molecule has 1 aromatic carbocycles. The molecule has 0 unspecified atom stereocenters. The number of para-hydroxylation sites is 1. The molecule has 0 spiro atoms. The zero-order valence-electron chi connectivity index (χ0n) is 14.3. The largest absolute Gasteiger partial charge is 0.508 e. The molecular formula is C18H33AlO. The monoisotopic (exact) mass is 292 g/mol. The number of rotatable bonds is 6. The molecule has 0 saturated carbocycles. The van der Waals surface area contributed by atoms with Gasteiger partial charge in [-0.1, -0.05) is 93.3 Å². The highest BCUT2D eigenvalue weighted by molar-refractivity contribution is 6.58. The Labute approximate surface area is 130 Å². The Balaban J connectivity index is 0.000000428. The molecule has 0 aromatic heterocycles. The van der Waals surface area contributed by atoms with Crippen molar-refractivity contribution >= 4 is 14.1 Å². The van der Waals surface area contributed by atoms with Gasteiger partial charge in [-0.25, -0.2) is 0 Å². The van der Waals surface area contributed by atoms with Gasteiger partial charge >= 0.3 is 0 Å². The van der Waals surface area contributed by atoms with Crippen molar-refractivity contribution in [2.45, 2.75) is 57.4 Å². The standard InChI is InChI=1S/C6H6O.3C4H9.Al/c7-6-4-2-1-3-5-6;3*1-4(2)3;/h1-5,7H;3*4H,1H2,2-3H3;. The molecule has 0 amide bonds. The highest BCUT2D eigenvalue weighted by Crippen LogP contribution is 2.21. The quantitative estimate of drug-likeness (QED) is 0.653. The summed E-state index contributed by atoms with van der Waals surface area (Å²) in [6, 6.07) is 8.71. The van der Waals surface area contributed by atoms with Crippen LogP contribution in [0.25, 0.3) is 0 Å². The fourth-order valence-corrected chi connectivity index (χ4v) is 7.29. The second kappa shape index (κ2) is 11.2. The van der Waals surface area contributed by atoms with E-state index in [9.17, 15) is 0 Å². The number of phenolic OH excluding ortho intramolecular Hbond substituents is 1. The third kappa shape index (κ3) is 12.6. The highest BCUT2D eigenvalue weighted by Gasteiger charge is 2.20. The van der Waals surface area contributed by atoms with E-state index in [0.717, 1.165) is 17.8 Å². The third-order valence-corrected chi connectivity index (χ3v) is 8.00. The minimum Gasteiger partial charge on any atom is -0.508 e. The van der Waals surface area contributed by atoms with E-state index in [1.165, 1.54) is 0 Å². The first-order valence-electron chi connectivity index (χ1n) is 8.05. The van der Waals surface area contributed by atoms with Crippen molar-refractivity contribution in [3.05, 3.63) is 30.3 Å². The van der Waals surface area contributed by atoms with Crippen molar-refractivity contribution in [1.82, 2.24) is 0 Å². The lowest BCUT2D eigenvalue weighted by atomic mass is 10.2. The average Bonchev–Trinajstić information content (AvgIpc) is 2.27. The molecule has 0 bridgehead atoms. The van der Waals surface area contributed by atoms with Gasteiger partial charge in [-0.3, -0.25) is 0 Å². The van der Waals surface area contributed by atoms with Gasteiger partial charge in [0.1, 0.15) is 5.75 Å². The summed E-state index contributed by atoms with van der Waals surface area (Å²) in [6.07, 6.45) is 0. The van der Waals surface area contributed by atoms with E-state index in [-0.39, 0.29) is 0 Å². The Morgan fingerprint density at radius 1 is 0.750 bits per heavy atom. The Hall–Kier alpha value is -0.448. The van der Waals surface area contributed by atoms with Crippen LogP contribution in [0.5, 0.6) is 5.75 Å². The second-order valence-corrected chi connectivity index (χ2v) is 10.2. The second-order valence-electron chi connectivity index (χ2n) is 7.09. The third-order valence-electron chi connectivity index (χ3n) is 3.17. The van der Waals surface area contributed by atoms with Crippen LogP contribution in [0.3, 0.4) is 0 Å². The number of benzene rings is 1. The molecule has 0 aliphatic rings. The predicted molar refractivity (Wildman–Crippen MR) is 92.8 cm³/mol. The van der Waals surface area contributed by atoms with Gasteiger partial charge < -0.3 is 5.11 Å². The SMILES string of the molecule is CC(C)[CH2][Al]([CH2]C(C)C)[CH2]C(C)C.Oc1ccccc1. The number of aromatic hydroxyl groups is 1. The van der Waals surface area contributed by atoms with Crippen molar-refractivity contribution in [2.75, 3.05) is 0 Å². The van der Waals surface area contributed by atoms with Crippen molar-refractivity contribution in [1.29, 1.82) is 0 Å². The van der Waals surface area contributed by atoms with Gasteiger partial charge in [0.05, 0.1) is 0 Å². The van der Waals surface area contributed by atoms with Crippen LogP contribution in [0.15, 0.2) is 30.3 Å². The molecule has 0 fully saturated rings. The first-order chi connectivity index (χ1) is 9.31. The van der Waals surface area contributed by atoms with Gasteiger partial charge in [0.15, 0.2) is 0 Å². The van der Waals surface area contributed by atoms with Crippen LogP contribution < -0.4 is 0 Å². The van der Waals surface area contributed by atoms with E-state index in [1.807, 2.05) is 6.07 Å². The van der Waals surface area contributed by atoms with Gasteiger partial charge in [-0.2, -0.15) is 0 Å². The Morgan fingerprint density at radius 2 is 1.10 bits per heavy atom. The predicted octanol–water partition coefficient (Wildman–Crippen LogP) is 5.84. The Morgan fingerprint density at radius 3 is 1.30 bits per heavy atom. The molecule has 1 N–H and O–H groups in total. The summed E-state index contributed by atoms with van der Waals surface area (Å²) >= 11 is -0.407. The van der Waals surface area contributed by atoms with Crippen molar-refractivity contribution < 1.29 is 5.11 Å². The molecule has 2 heteroatoms. The minimum atomic E-state index is -0.407. The van der Waals surface area contributed by atoms with Crippen LogP contribution in [-0.4, -0.2) is 19.3 Å². The lowest BCUT2D eigenvalue weighted by Gasteiger charge is -2.17. The molecule has 1 rings (SSSR count). The summed E-state index contributed by atoms with van der Waals surface area (Å²) in [5.41, 5.74) is 0. The average molecular weight is 292 g/mol. The van der Waals surface area contributed by atoms with E-state index in [4.69, 9.17) is 5.11 Å². The maximum atomic E-state index is 8.63. The first-order valence-corrected chi connectivity index (χ1v) is 10.5. The van der Waals surface area contributed by atoms with Crippen molar-refractivity contribution in [3.8, 4) is 5.75 Å². The summed E-state index contributed by atoms with van der Waals surface area (Å²) in [5, 5.41) is 13.3.